The highest BCUT2D eigenvalue weighted by Crippen LogP contribution is 2.28. The Morgan fingerprint density at radius 1 is 1.24 bits per heavy atom. The lowest BCUT2D eigenvalue weighted by Crippen LogP contribution is -2.08. The molecule has 5 nitrogen and oxygen atoms in total. The number of halogens is 2. The number of benzene rings is 1. The number of fused-ring (bicyclic) bond motifs is 1. The third kappa shape index (κ3) is 2.46. The monoisotopic (exact) mass is 321 g/mol. The molecule has 2 heterocycles. The highest BCUT2D eigenvalue weighted by Gasteiger charge is 2.15. The van der Waals surface area contributed by atoms with E-state index in [0.29, 0.717) is 32.8 Å². The summed E-state index contributed by atoms with van der Waals surface area (Å²) in [5, 5.41) is 5.29. The molecule has 0 atom stereocenters. The van der Waals surface area contributed by atoms with Crippen molar-refractivity contribution in [2.75, 3.05) is 7.11 Å². The van der Waals surface area contributed by atoms with Crippen molar-refractivity contribution in [1.29, 1.82) is 0 Å². The van der Waals surface area contributed by atoms with Crippen molar-refractivity contribution < 1.29 is 9.53 Å². The number of rotatable bonds is 2. The van der Waals surface area contributed by atoms with Gasteiger partial charge in [-0.15, -0.1) is 5.10 Å². The maximum atomic E-state index is 11.7. The van der Waals surface area contributed by atoms with Gasteiger partial charge in [-0.2, -0.15) is 0 Å². The third-order valence-electron chi connectivity index (χ3n) is 2.93. The van der Waals surface area contributed by atoms with Crippen molar-refractivity contribution in [2.24, 2.45) is 0 Å². The van der Waals surface area contributed by atoms with E-state index < -0.39 is 5.97 Å². The van der Waals surface area contributed by atoms with Crippen LogP contribution in [-0.2, 0) is 4.74 Å². The van der Waals surface area contributed by atoms with Crippen molar-refractivity contribution in [1.82, 2.24) is 14.6 Å². The van der Waals surface area contributed by atoms with E-state index >= 15 is 0 Å². The number of ether oxygens (including phenoxy) is 1. The van der Waals surface area contributed by atoms with Crippen LogP contribution >= 0.6 is 23.2 Å². The molecule has 0 fully saturated rings. The second-order valence-electron chi connectivity index (χ2n) is 4.23. The Balaban J connectivity index is 2.19. The van der Waals surface area contributed by atoms with E-state index in [4.69, 9.17) is 27.9 Å². The van der Waals surface area contributed by atoms with Gasteiger partial charge in [0.05, 0.1) is 12.1 Å². The molecule has 0 saturated heterocycles. The molecule has 0 N–H and O–H groups in total. The van der Waals surface area contributed by atoms with Gasteiger partial charge in [0.1, 0.15) is 0 Å². The standard InChI is InChI=1S/C14H9Cl2N3O2/c1-21-14(20)11-3-2-4-12-17-13(18-19(11)12)9-6-5-8(15)7-10(9)16/h2-7H,1H3. The van der Waals surface area contributed by atoms with E-state index in [-0.39, 0.29) is 0 Å². The molecule has 2 aromatic heterocycles. The zero-order valence-corrected chi connectivity index (χ0v) is 12.4. The Hall–Kier alpha value is -2.11. The zero-order valence-electron chi connectivity index (χ0n) is 10.9. The number of nitrogens with zero attached hydrogens (tertiary/aromatic N) is 3. The molecule has 3 rings (SSSR count). The molecule has 0 aliphatic heterocycles. The van der Waals surface area contributed by atoms with Crippen LogP contribution in [0.2, 0.25) is 10.0 Å². The number of carbonyl (C=O) groups excluding carboxylic acids is 1. The molecule has 0 bridgehead atoms. The molecular weight excluding hydrogens is 313 g/mol. The summed E-state index contributed by atoms with van der Waals surface area (Å²) < 4.78 is 6.15. The fourth-order valence-corrected chi connectivity index (χ4v) is 2.44. The van der Waals surface area contributed by atoms with Crippen LogP contribution in [0.4, 0.5) is 0 Å². The van der Waals surface area contributed by atoms with Gasteiger partial charge in [-0.05, 0) is 30.3 Å². The lowest BCUT2D eigenvalue weighted by atomic mass is 10.2. The normalized spacial score (nSPS) is 10.8. The van der Waals surface area contributed by atoms with Crippen molar-refractivity contribution in [2.45, 2.75) is 0 Å². The van der Waals surface area contributed by atoms with Crippen LogP contribution in [0.25, 0.3) is 17.0 Å². The summed E-state index contributed by atoms with van der Waals surface area (Å²) in [7, 11) is 1.31. The number of esters is 1. The number of hydrogen-bond donors (Lipinski definition) is 0. The summed E-state index contributed by atoms with van der Waals surface area (Å²) in [5.41, 5.74) is 1.46. The molecular formula is C14H9Cl2N3O2. The second-order valence-corrected chi connectivity index (χ2v) is 5.08. The summed E-state index contributed by atoms with van der Waals surface area (Å²) >= 11 is 12.0. The van der Waals surface area contributed by atoms with Crippen molar-refractivity contribution >= 4 is 34.8 Å². The first-order valence-corrected chi connectivity index (χ1v) is 6.75. The van der Waals surface area contributed by atoms with Gasteiger partial charge in [0.2, 0.25) is 0 Å². The third-order valence-corrected chi connectivity index (χ3v) is 3.47. The predicted molar refractivity (Wildman–Crippen MR) is 79.8 cm³/mol. The largest absolute Gasteiger partial charge is 0.464 e. The topological polar surface area (TPSA) is 56.5 Å². The summed E-state index contributed by atoms with van der Waals surface area (Å²) in [5.74, 6) is -0.0766. The first-order valence-electron chi connectivity index (χ1n) is 5.99. The Bertz CT molecular complexity index is 845. The molecule has 1 aromatic carbocycles. The van der Waals surface area contributed by atoms with Crippen molar-refractivity contribution in [3.05, 3.63) is 52.1 Å². The van der Waals surface area contributed by atoms with E-state index in [1.807, 2.05) is 0 Å². The van der Waals surface area contributed by atoms with Crippen molar-refractivity contribution in [3.8, 4) is 11.4 Å². The Kier molecular flexibility index (Phi) is 3.53. The van der Waals surface area contributed by atoms with Crippen LogP contribution in [0.15, 0.2) is 36.4 Å². The van der Waals surface area contributed by atoms with Crippen LogP contribution < -0.4 is 0 Å². The van der Waals surface area contributed by atoms with Gasteiger partial charge in [-0.1, -0.05) is 29.3 Å². The summed E-state index contributed by atoms with van der Waals surface area (Å²) in [4.78, 5) is 16.1. The molecule has 21 heavy (non-hydrogen) atoms. The average Bonchev–Trinajstić information content (AvgIpc) is 2.89. The molecule has 0 aliphatic rings. The molecule has 3 aromatic rings. The first kappa shape index (κ1) is 13.9. The van der Waals surface area contributed by atoms with Crippen LogP contribution in [0.5, 0.6) is 0 Å². The molecule has 0 radical (unpaired) electrons. The highest BCUT2D eigenvalue weighted by molar-refractivity contribution is 6.36. The van der Waals surface area contributed by atoms with Crippen LogP contribution in [0.3, 0.4) is 0 Å². The van der Waals surface area contributed by atoms with E-state index in [1.165, 1.54) is 11.6 Å². The van der Waals surface area contributed by atoms with Gasteiger partial charge in [-0.25, -0.2) is 14.3 Å². The first-order chi connectivity index (χ1) is 10.1. The van der Waals surface area contributed by atoms with Gasteiger partial charge in [-0.3, -0.25) is 0 Å². The molecule has 0 spiro atoms. The smallest absolute Gasteiger partial charge is 0.356 e. The maximum absolute atomic E-state index is 11.7. The van der Waals surface area contributed by atoms with E-state index in [2.05, 4.69) is 10.1 Å². The van der Waals surface area contributed by atoms with Gasteiger partial charge < -0.3 is 4.74 Å². The van der Waals surface area contributed by atoms with Gasteiger partial charge in [0, 0.05) is 10.6 Å². The molecule has 7 heteroatoms. The minimum absolute atomic E-state index is 0.291. The molecule has 0 unspecified atom stereocenters. The average molecular weight is 322 g/mol. The highest BCUT2D eigenvalue weighted by atomic mass is 35.5. The van der Waals surface area contributed by atoms with Crippen LogP contribution in [0.1, 0.15) is 10.5 Å². The van der Waals surface area contributed by atoms with E-state index in [9.17, 15) is 4.79 Å². The molecule has 0 aliphatic carbocycles. The van der Waals surface area contributed by atoms with Gasteiger partial charge in [0.15, 0.2) is 17.2 Å². The minimum Gasteiger partial charge on any atom is -0.464 e. The second kappa shape index (κ2) is 5.35. The number of carbonyl (C=O) groups is 1. The SMILES string of the molecule is COC(=O)c1cccc2nc(-c3ccc(Cl)cc3Cl)nn12. The van der Waals surface area contributed by atoms with Crippen LogP contribution in [-0.4, -0.2) is 27.7 Å². The molecule has 0 saturated carbocycles. The summed E-state index contributed by atoms with van der Waals surface area (Å²) in [6, 6.07) is 10.1. The summed E-state index contributed by atoms with van der Waals surface area (Å²) in [6.07, 6.45) is 0. The predicted octanol–water partition coefficient (Wildman–Crippen LogP) is 3.49. The zero-order chi connectivity index (χ0) is 15.0. The quantitative estimate of drug-likeness (QED) is 0.678. The maximum Gasteiger partial charge on any atom is 0.356 e. The fraction of sp³-hybridized carbons (Fsp3) is 0.0714. The minimum atomic E-state index is -0.487. The Labute approximate surface area is 130 Å². The number of aromatic nitrogens is 3. The molecule has 106 valence electrons. The number of hydrogen-bond acceptors (Lipinski definition) is 4. The summed E-state index contributed by atoms with van der Waals surface area (Å²) in [6.45, 7) is 0. The van der Waals surface area contributed by atoms with E-state index in [1.54, 1.807) is 36.4 Å². The lowest BCUT2D eigenvalue weighted by Gasteiger charge is -2.01. The van der Waals surface area contributed by atoms with Gasteiger partial charge in [0.25, 0.3) is 0 Å². The fourth-order valence-electron chi connectivity index (χ4n) is 1.95. The molecule has 0 amide bonds. The van der Waals surface area contributed by atoms with Crippen molar-refractivity contribution in [3.63, 3.8) is 0 Å². The number of pyridine rings is 1. The Morgan fingerprint density at radius 2 is 2.05 bits per heavy atom. The lowest BCUT2D eigenvalue weighted by molar-refractivity contribution is 0.0591. The van der Waals surface area contributed by atoms with E-state index in [0.717, 1.165) is 0 Å². The van der Waals surface area contributed by atoms with Gasteiger partial charge >= 0.3 is 5.97 Å². The Morgan fingerprint density at radius 3 is 2.76 bits per heavy atom. The van der Waals surface area contributed by atoms with Crippen LogP contribution in [0, 0.1) is 0 Å². The number of methoxy groups -OCH3 is 1.